The number of carbonyl (C=O) groups excluding carboxylic acids is 3. The Hall–Kier alpha value is -4.28. The molecule has 0 spiro atoms. The number of thioether (sulfide) groups is 1. The lowest BCUT2D eigenvalue weighted by molar-refractivity contribution is -0.144. The third kappa shape index (κ3) is 6.19. The molecule has 3 aliphatic rings. The Bertz CT molecular complexity index is 1870. The molecule has 0 bridgehead atoms. The van der Waals surface area contributed by atoms with Crippen LogP contribution in [0.4, 0.5) is 8.78 Å². The lowest BCUT2D eigenvalue weighted by atomic mass is 9.93. The van der Waals surface area contributed by atoms with E-state index in [1.165, 1.54) is 33.6 Å². The summed E-state index contributed by atoms with van der Waals surface area (Å²) in [4.78, 5) is 53.5. The summed E-state index contributed by atoms with van der Waals surface area (Å²) in [5.74, 6) is -5.41. The van der Waals surface area contributed by atoms with Crippen LogP contribution in [-0.4, -0.2) is 80.8 Å². The lowest BCUT2D eigenvalue weighted by Crippen LogP contribution is -2.66. The van der Waals surface area contributed by atoms with E-state index in [4.69, 9.17) is 18.3 Å². The third-order valence-electron chi connectivity index (χ3n) is 7.87. The predicted octanol–water partition coefficient (Wildman–Crippen LogP) is 3.14. The van der Waals surface area contributed by atoms with Crippen LogP contribution in [0.15, 0.2) is 58.4 Å². The van der Waals surface area contributed by atoms with E-state index >= 15 is 4.39 Å². The lowest BCUT2D eigenvalue weighted by Gasteiger charge is -2.51. The molecule has 0 aliphatic carbocycles. The van der Waals surface area contributed by atoms with Crippen molar-refractivity contribution >= 4 is 37.4 Å². The number of halogens is 2. The summed E-state index contributed by atoms with van der Waals surface area (Å²) in [5, 5.41) is 1.68. The molecule has 18 heteroatoms. The Morgan fingerprint density at radius 2 is 1.71 bits per heavy atom. The average Bonchev–Trinajstić information content (AvgIpc) is 3.26. The van der Waals surface area contributed by atoms with E-state index in [9.17, 15) is 28.1 Å². The highest BCUT2D eigenvalue weighted by Crippen LogP contribution is 2.51. The van der Waals surface area contributed by atoms with Crippen LogP contribution in [0.2, 0.25) is 0 Å². The molecular formula is C30H28F2N3O11PS. The number of morpholine rings is 1. The first-order chi connectivity index (χ1) is 23.1. The van der Waals surface area contributed by atoms with Gasteiger partial charge >= 0.3 is 19.8 Å². The molecule has 2 aromatic carbocycles. The van der Waals surface area contributed by atoms with Gasteiger partial charge in [-0.15, -0.1) is 11.8 Å². The first-order valence-electron chi connectivity index (χ1n) is 14.4. The molecule has 1 amide bonds. The maximum atomic E-state index is 15.4. The van der Waals surface area contributed by atoms with Gasteiger partial charge in [-0.2, -0.15) is 0 Å². The molecule has 48 heavy (non-hydrogen) atoms. The van der Waals surface area contributed by atoms with Gasteiger partial charge < -0.3 is 23.6 Å². The van der Waals surface area contributed by atoms with Gasteiger partial charge in [0.2, 0.25) is 11.2 Å². The minimum absolute atomic E-state index is 0.00128. The summed E-state index contributed by atoms with van der Waals surface area (Å²) in [7, 11) is -2.93. The number of amides is 1. The van der Waals surface area contributed by atoms with Crippen molar-refractivity contribution in [2.24, 2.45) is 0 Å². The number of phosphoric ester groups is 1. The van der Waals surface area contributed by atoms with Crippen LogP contribution in [-0.2, 0) is 43.2 Å². The first kappa shape index (κ1) is 33.6. The van der Waals surface area contributed by atoms with E-state index in [1.54, 1.807) is 11.1 Å². The molecule has 0 saturated carbocycles. The molecular weight excluding hydrogens is 679 g/mol. The Kier molecular flexibility index (Phi) is 9.58. The smallest absolute Gasteiger partial charge is 0.467 e. The number of phosphoric acid groups is 1. The highest BCUT2D eigenvalue weighted by atomic mass is 32.2. The average molecular weight is 708 g/mol. The Balaban J connectivity index is 1.55. The number of aromatic nitrogens is 1. The SMILES string of the molecule is COC(=O)COP(=O)(OCC(=O)OC)Oc1c2n(ccc1=O)N([C@@H]1c3ccccc3SCc3c1ccc(F)c3F)[C@@H]1COCCN1C2=O. The van der Waals surface area contributed by atoms with Crippen LogP contribution in [0.3, 0.4) is 0 Å². The van der Waals surface area contributed by atoms with Gasteiger partial charge in [-0.3, -0.25) is 28.3 Å². The van der Waals surface area contributed by atoms with Crippen LogP contribution >= 0.6 is 19.6 Å². The van der Waals surface area contributed by atoms with Gasteiger partial charge in [0.1, 0.15) is 6.17 Å². The number of methoxy groups -OCH3 is 2. The highest BCUT2D eigenvalue weighted by molar-refractivity contribution is 7.98. The fraction of sp³-hybridized carbons (Fsp3) is 0.333. The van der Waals surface area contributed by atoms with Gasteiger partial charge in [0.05, 0.1) is 33.5 Å². The summed E-state index contributed by atoms with van der Waals surface area (Å²) in [6.07, 6.45) is 0.471. The van der Waals surface area contributed by atoms with Crippen LogP contribution in [0.5, 0.6) is 5.75 Å². The van der Waals surface area contributed by atoms with Crippen LogP contribution in [0.25, 0.3) is 0 Å². The fourth-order valence-electron chi connectivity index (χ4n) is 5.64. The monoisotopic (exact) mass is 707 g/mol. The molecule has 1 saturated heterocycles. The van der Waals surface area contributed by atoms with Crippen molar-refractivity contribution in [3.05, 3.63) is 92.9 Å². The van der Waals surface area contributed by atoms with Crippen molar-refractivity contribution in [3.63, 3.8) is 0 Å². The van der Waals surface area contributed by atoms with Crippen molar-refractivity contribution in [3.8, 4) is 5.75 Å². The van der Waals surface area contributed by atoms with Crippen molar-refractivity contribution in [2.45, 2.75) is 22.9 Å². The zero-order chi connectivity index (χ0) is 34.2. The second kappa shape index (κ2) is 13.7. The zero-order valence-electron chi connectivity index (χ0n) is 25.5. The van der Waals surface area contributed by atoms with E-state index in [0.29, 0.717) is 11.1 Å². The van der Waals surface area contributed by atoms with Crippen LogP contribution in [0.1, 0.15) is 33.2 Å². The molecule has 3 aromatic rings. The highest BCUT2D eigenvalue weighted by Gasteiger charge is 2.47. The fourth-order valence-corrected chi connectivity index (χ4v) is 7.86. The van der Waals surface area contributed by atoms with Crippen LogP contribution in [0, 0.1) is 11.6 Å². The number of fused-ring (bicyclic) bond motifs is 4. The van der Waals surface area contributed by atoms with Gasteiger partial charge in [-0.25, -0.2) is 22.9 Å². The van der Waals surface area contributed by atoms with Gasteiger partial charge in [0.25, 0.3) is 5.91 Å². The molecule has 1 fully saturated rings. The molecule has 0 radical (unpaired) electrons. The number of esters is 2. The van der Waals surface area contributed by atoms with Gasteiger partial charge in [-0.05, 0) is 23.3 Å². The molecule has 2 atom stereocenters. The standard InChI is InChI=1S/C30H28F2N3O11PS/c1-41-24(37)14-44-47(40,45-15-25(38)42-2)46-29-21(36)9-10-34-28(29)30(39)33-11-12-43-13-23(33)35(34)27-17-7-8-20(31)26(32)19(17)16-48-22-6-4-3-5-18(22)27/h3-10,23,27H,11-16H2,1-2H3/t23-,27+/m1/s1. The zero-order valence-corrected chi connectivity index (χ0v) is 27.2. The van der Waals surface area contributed by atoms with Crippen molar-refractivity contribution < 1.29 is 55.5 Å². The summed E-state index contributed by atoms with van der Waals surface area (Å²) in [6.45, 7) is -1.73. The molecule has 4 heterocycles. The van der Waals surface area contributed by atoms with E-state index in [1.807, 2.05) is 18.2 Å². The second-order valence-electron chi connectivity index (χ2n) is 10.5. The number of rotatable bonds is 9. The second-order valence-corrected chi connectivity index (χ2v) is 13.1. The normalized spacial score (nSPS) is 18.5. The first-order valence-corrected chi connectivity index (χ1v) is 16.8. The molecule has 3 aliphatic heterocycles. The van der Waals surface area contributed by atoms with Crippen LogP contribution < -0.4 is 15.0 Å². The van der Waals surface area contributed by atoms with E-state index in [-0.39, 0.29) is 31.1 Å². The number of carbonyl (C=O) groups is 3. The molecule has 0 unspecified atom stereocenters. The van der Waals surface area contributed by atoms with Gasteiger partial charge in [-0.1, -0.05) is 24.3 Å². The molecule has 0 N–H and O–H groups in total. The summed E-state index contributed by atoms with van der Waals surface area (Å²) in [6, 6.07) is 9.91. The van der Waals surface area contributed by atoms with Crippen molar-refractivity contribution in [1.82, 2.24) is 9.58 Å². The number of benzene rings is 2. The summed E-state index contributed by atoms with van der Waals surface area (Å²) < 4.78 is 75.7. The molecule has 254 valence electrons. The van der Waals surface area contributed by atoms with E-state index in [2.05, 4.69) is 9.47 Å². The summed E-state index contributed by atoms with van der Waals surface area (Å²) >= 11 is 1.31. The molecule has 14 nitrogen and oxygen atoms in total. The number of hydrogen-bond acceptors (Lipinski definition) is 13. The van der Waals surface area contributed by atoms with Crippen molar-refractivity contribution in [1.29, 1.82) is 0 Å². The van der Waals surface area contributed by atoms with Gasteiger partial charge in [0, 0.05) is 35.0 Å². The number of ether oxygens (including phenoxy) is 3. The predicted molar refractivity (Wildman–Crippen MR) is 163 cm³/mol. The van der Waals surface area contributed by atoms with E-state index < -0.39 is 79.6 Å². The quantitative estimate of drug-likeness (QED) is 0.237. The molecule has 1 aromatic heterocycles. The maximum absolute atomic E-state index is 15.4. The minimum Gasteiger partial charge on any atom is -0.467 e. The Labute approximate surface area is 276 Å². The topological polar surface area (TPSA) is 152 Å². The van der Waals surface area contributed by atoms with Gasteiger partial charge in [0.15, 0.2) is 30.5 Å². The summed E-state index contributed by atoms with van der Waals surface area (Å²) in [5.41, 5.74) is -0.144. The Morgan fingerprint density at radius 3 is 2.42 bits per heavy atom. The maximum Gasteiger partial charge on any atom is 0.531 e. The Morgan fingerprint density at radius 1 is 1.00 bits per heavy atom. The third-order valence-corrected chi connectivity index (χ3v) is 10.3. The molecule has 6 rings (SSSR count). The minimum atomic E-state index is -5.01. The largest absolute Gasteiger partial charge is 0.531 e. The number of pyridine rings is 1. The van der Waals surface area contributed by atoms with E-state index in [0.717, 1.165) is 31.2 Å². The number of hydrogen-bond donors (Lipinski definition) is 0. The van der Waals surface area contributed by atoms with Crippen molar-refractivity contribution in [2.75, 3.05) is 52.2 Å². The number of nitrogens with zero attached hydrogens (tertiary/aromatic N) is 3.